The largest absolute Gasteiger partial charge is 0.326 e. The van der Waals surface area contributed by atoms with Crippen molar-refractivity contribution >= 4 is 28.6 Å². The number of hydrogen-bond acceptors (Lipinski definition) is 5. The van der Waals surface area contributed by atoms with E-state index in [-0.39, 0.29) is 5.91 Å². The molecule has 6 nitrogen and oxygen atoms in total. The standard InChI is InChI=1S/C19H17N5OS/c1-2-4-18(25)20-14-8-6-13(7-9-14)15-10-11-17-21-22-19(24(17)23-15)16-5-3-12-26-16/h3,5-12H,2,4H2,1H3,(H,20,25). The Morgan fingerprint density at radius 3 is 2.69 bits per heavy atom. The van der Waals surface area contributed by atoms with Crippen molar-refractivity contribution in [3.05, 3.63) is 53.9 Å². The van der Waals surface area contributed by atoms with Crippen LogP contribution in [-0.4, -0.2) is 25.7 Å². The second-order valence-electron chi connectivity index (χ2n) is 5.87. The molecule has 4 rings (SSSR count). The lowest BCUT2D eigenvalue weighted by Crippen LogP contribution is -2.10. The van der Waals surface area contributed by atoms with Gasteiger partial charge in [0.15, 0.2) is 11.5 Å². The summed E-state index contributed by atoms with van der Waals surface area (Å²) in [7, 11) is 0. The van der Waals surface area contributed by atoms with Crippen molar-refractivity contribution in [1.29, 1.82) is 0 Å². The number of fused-ring (bicyclic) bond motifs is 1. The molecule has 1 N–H and O–H groups in total. The topological polar surface area (TPSA) is 72.2 Å². The molecule has 0 aliphatic heterocycles. The van der Waals surface area contributed by atoms with Gasteiger partial charge in [-0.15, -0.1) is 21.5 Å². The normalized spacial score (nSPS) is 11.0. The van der Waals surface area contributed by atoms with Crippen molar-refractivity contribution in [3.63, 3.8) is 0 Å². The number of carbonyl (C=O) groups excluding carboxylic acids is 1. The Bertz CT molecular complexity index is 1040. The van der Waals surface area contributed by atoms with Gasteiger partial charge in [-0.3, -0.25) is 4.79 Å². The first-order valence-corrected chi connectivity index (χ1v) is 9.29. The molecule has 0 bridgehead atoms. The zero-order valence-electron chi connectivity index (χ0n) is 14.2. The molecule has 4 aromatic rings. The zero-order valence-corrected chi connectivity index (χ0v) is 15.0. The van der Waals surface area contributed by atoms with Crippen LogP contribution in [-0.2, 0) is 4.79 Å². The van der Waals surface area contributed by atoms with Gasteiger partial charge in [0.2, 0.25) is 5.91 Å². The summed E-state index contributed by atoms with van der Waals surface area (Å²) in [6.07, 6.45) is 1.36. The fourth-order valence-electron chi connectivity index (χ4n) is 2.68. The van der Waals surface area contributed by atoms with Gasteiger partial charge in [-0.2, -0.15) is 9.61 Å². The first kappa shape index (κ1) is 16.4. The number of amides is 1. The average molecular weight is 363 g/mol. The molecule has 0 unspecified atom stereocenters. The van der Waals surface area contributed by atoms with Crippen molar-refractivity contribution in [2.24, 2.45) is 0 Å². The average Bonchev–Trinajstić information content (AvgIpc) is 3.31. The summed E-state index contributed by atoms with van der Waals surface area (Å²) in [5.74, 6) is 0.769. The predicted octanol–water partition coefficient (Wildman–Crippen LogP) is 4.26. The fraction of sp³-hybridized carbons (Fsp3) is 0.158. The molecule has 26 heavy (non-hydrogen) atoms. The first-order chi connectivity index (χ1) is 12.7. The lowest BCUT2D eigenvalue weighted by Gasteiger charge is -2.06. The van der Waals surface area contributed by atoms with Crippen molar-refractivity contribution in [3.8, 4) is 22.0 Å². The number of benzene rings is 1. The van der Waals surface area contributed by atoms with Gasteiger partial charge in [0.1, 0.15) is 0 Å². The lowest BCUT2D eigenvalue weighted by atomic mass is 10.1. The highest BCUT2D eigenvalue weighted by molar-refractivity contribution is 7.13. The third-order valence-electron chi connectivity index (χ3n) is 3.95. The smallest absolute Gasteiger partial charge is 0.224 e. The number of thiophene rings is 1. The van der Waals surface area contributed by atoms with Crippen molar-refractivity contribution in [2.75, 3.05) is 5.32 Å². The number of nitrogens with zero attached hydrogens (tertiary/aromatic N) is 4. The van der Waals surface area contributed by atoms with E-state index in [1.807, 2.05) is 60.8 Å². The van der Waals surface area contributed by atoms with Crippen LogP contribution >= 0.6 is 11.3 Å². The van der Waals surface area contributed by atoms with Crippen LogP contribution < -0.4 is 5.32 Å². The van der Waals surface area contributed by atoms with E-state index in [1.165, 1.54) is 0 Å². The van der Waals surface area contributed by atoms with E-state index in [4.69, 9.17) is 5.10 Å². The van der Waals surface area contributed by atoms with Gasteiger partial charge < -0.3 is 5.32 Å². The van der Waals surface area contributed by atoms with Gasteiger partial charge in [-0.05, 0) is 42.1 Å². The van der Waals surface area contributed by atoms with Crippen LogP contribution in [0.25, 0.3) is 27.6 Å². The molecular formula is C19H17N5OS. The number of carbonyl (C=O) groups is 1. The third-order valence-corrected chi connectivity index (χ3v) is 4.81. The zero-order chi connectivity index (χ0) is 17.9. The Morgan fingerprint density at radius 2 is 1.96 bits per heavy atom. The van der Waals surface area contributed by atoms with Gasteiger partial charge in [0.25, 0.3) is 0 Å². The Balaban J connectivity index is 1.64. The highest BCUT2D eigenvalue weighted by atomic mass is 32.1. The lowest BCUT2D eigenvalue weighted by molar-refractivity contribution is -0.116. The number of anilines is 1. The van der Waals surface area contributed by atoms with Crippen LogP contribution in [0.4, 0.5) is 5.69 Å². The second kappa shape index (κ2) is 7.05. The molecule has 0 aliphatic rings. The van der Waals surface area contributed by atoms with E-state index in [1.54, 1.807) is 15.9 Å². The van der Waals surface area contributed by atoms with Gasteiger partial charge >= 0.3 is 0 Å². The highest BCUT2D eigenvalue weighted by Gasteiger charge is 2.11. The molecule has 130 valence electrons. The van der Waals surface area contributed by atoms with E-state index in [2.05, 4.69) is 15.5 Å². The number of nitrogens with one attached hydrogen (secondary N) is 1. The van der Waals surface area contributed by atoms with E-state index in [9.17, 15) is 4.79 Å². The van der Waals surface area contributed by atoms with Gasteiger partial charge in [-0.1, -0.05) is 25.1 Å². The molecule has 3 heterocycles. The van der Waals surface area contributed by atoms with Crippen LogP contribution in [0.3, 0.4) is 0 Å². The third kappa shape index (κ3) is 3.21. The molecule has 0 saturated carbocycles. The molecular weight excluding hydrogens is 346 g/mol. The minimum Gasteiger partial charge on any atom is -0.326 e. The maximum Gasteiger partial charge on any atom is 0.224 e. The molecule has 1 aromatic carbocycles. The second-order valence-corrected chi connectivity index (χ2v) is 6.81. The minimum atomic E-state index is 0.0323. The van der Waals surface area contributed by atoms with Crippen LogP contribution in [0.2, 0.25) is 0 Å². The molecule has 0 saturated heterocycles. The van der Waals surface area contributed by atoms with Crippen molar-refractivity contribution < 1.29 is 4.79 Å². The SMILES string of the molecule is CCCC(=O)Nc1ccc(-c2ccc3nnc(-c4cccs4)n3n2)cc1. The number of aromatic nitrogens is 4. The highest BCUT2D eigenvalue weighted by Crippen LogP contribution is 2.25. The van der Waals surface area contributed by atoms with E-state index in [0.29, 0.717) is 12.1 Å². The number of rotatable bonds is 5. The molecule has 0 atom stereocenters. The summed E-state index contributed by atoms with van der Waals surface area (Å²) in [5.41, 5.74) is 3.28. The van der Waals surface area contributed by atoms with Crippen molar-refractivity contribution in [1.82, 2.24) is 19.8 Å². The number of hydrogen-bond donors (Lipinski definition) is 1. The Morgan fingerprint density at radius 1 is 1.12 bits per heavy atom. The summed E-state index contributed by atoms with van der Waals surface area (Å²) in [5, 5.41) is 18.0. The molecule has 0 spiro atoms. The van der Waals surface area contributed by atoms with E-state index >= 15 is 0 Å². The Labute approximate surface area is 154 Å². The molecule has 1 amide bonds. The molecule has 0 radical (unpaired) electrons. The summed E-state index contributed by atoms with van der Waals surface area (Å²) >= 11 is 1.61. The maximum absolute atomic E-state index is 11.7. The summed E-state index contributed by atoms with van der Waals surface area (Å²) in [6.45, 7) is 1.99. The van der Waals surface area contributed by atoms with E-state index < -0.39 is 0 Å². The van der Waals surface area contributed by atoms with Crippen molar-refractivity contribution in [2.45, 2.75) is 19.8 Å². The molecule has 0 fully saturated rings. The van der Waals surface area contributed by atoms with Gasteiger partial charge in [-0.25, -0.2) is 0 Å². The summed E-state index contributed by atoms with van der Waals surface area (Å²) < 4.78 is 1.76. The maximum atomic E-state index is 11.7. The Kier molecular flexibility index (Phi) is 4.45. The van der Waals surface area contributed by atoms with Crippen LogP contribution in [0.5, 0.6) is 0 Å². The van der Waals surface area contributed by atoms with Gasteiger partial charge in [0, 0.05) is 17.7 Å². The van der Waals surface area contributed by atoms with Gasteiger partial charge in [0.05, 0.1) is 10.6 Å². The quantitative estimate of drug-likeness (QED) is 0.575. The first-order valence-electron chi connectivity index (χ1n) is 8.41. The molecule has 0 aliphatic carbocycles. The molecule has 7 heteroatoms. The van der Waals surface area contributed by atoms with Crippen LogP contribution in [0, 0.1) is 0 Å². The van der Waals surface area contributed by atoms with Crippen LogP contribution in [0.1, 0.15) is 19.8 Å². The Hall–Kier alpha value is -3.06. The molecule has 3 aromatic heterocycles. The monoisotopic (exact) mass is 363 g/mol. The fourth-order valence-corrected chi connectivity index (χ4v) is 3.37. The summed E-state index contributed by atoms with van der Waals surface area (Å²) in [6, 6.07) is 15.5. The summed E-state index contributed by atoms with van der Waals surface area (Å²) in [4.78, 5) is 12.7. The predicted molar refractivity (Wildman–Crippen MR) is 103 cm³/mol. The minimum absolute atomic E-state index is 0.0323. The van der Waals surface area contributed by atoms with Crippen LogP contribution in [0.15, 0.2) is 53.9 Å². The van der Waals surface area contributed by atoms with E-state index in [0.717, 1.165) is 34.1 Å².